The van der Waals surface area contributed by atoms with Crippen molar-refractivity contribution in [1.82, 2.24) is 0 Å². The maximum Gasteiger partial charge on any atom is 0.179 e. The quantitative estimate of drug-likeness (QED) is 0.0808. The van der Waals surface area contributed by atoms with Gasteiger partial charge in [-0.05, 0) is 170 Å². The molecular weight excluding hydrogens is 953 g/mol. The van der Waals surface area contributed by atoms with Crippen molar-refractivity contribution < 1.29 is 0 Å². The van der Waals surface area contributed by atoms with Crippen LogP contribution in [0.2, 0.25) is 0 Å². The Bertz CT molecular complexity index is 4710. The van der Waals surface area contributed by atoms with E-state index in [0.717, 1.165) is 0 Å². The lowest BCUT2D eigenvalue weighted by Crippen LogP contribution is -2.74. The van der Waals surface area contributed by atoms with E-state index in [0.29, 0.717) is 0 Å². The molecule has 0 N–H and O–H groups in total. The van der Waals surface area contributed by atoms with E-state index in [1.807, 2.05) is 0 Å². The number of rotatable bonds is 8. The summed E-state index contributed by atoms with van der Waals surface area (Å²) in [5, 5.41) is 21.2. The maximum atomic E-state index is 2.49. The second kappa shape index (κ2) is 17.1. The molecule has 0 fully saturated rings. The van der Waals surface area contributed by atoms with E-state index in [9.17, 15) is 0 Å². The third kappa shape index (κ3) is 6.52. The molecule has 78 heavy (non-hydrogen) atoms. The molecule has 0 saturated carbocycles. The van der Waals surface area contributed by atoms with Gasteiger partial charge in [-0.1, -0.05) is 275 Å². The van der Waals surface area contributed by atoms with Crippen LogP contribution in [0.5, 0.6) is 0 Å². The second-order valence-corrected chi connectivity index (χ2v) is 26.1. The first-order chi connectivity index (χ1) is 38.4. The first-order valence-corrected chi connectivity index (χ1v) is 29.5. The zero-order chi connectivity index (χ0) is 51.7. The number of fused-ring (bicyclic) bond motifs is 3. The summed E-state index contributed by atoms with van der Waals surface area (Å²) in [4.78, 5) is 0. The Morgan fingerprint density at radius 3 is 1.10 bits per heavy atom. The summed E-state index contributed by atoms with van der Waals surface area (Å²) in [5.74, 6) is 0. The third-order valence-corrected chi connectivity index (χ3v) is 22.7. The van der Waals surface area contributed by atoms with Crippen LogP contribution in [0.25, 0.3) is 120 Å². The summed E-state index contributed by atoms with van der Waals surface area (Å²) < 4.78 is 0. The summed E-state index contributed by atoms with van der Waals surface area (Å²) in [6, 6.07) is 106. The highest BCUT2D eigenvalue weighted by Gasteiger charge is 2.41. The van der Waals surface area contributed by atoms with Crippen molar-refractivity contribution in [2.45, 2.75) is 19.3 Å². The summed E-state index contributed by atoms with van der Waals surface area (Å²) >= 11 is 0. The molecule has 16 rings (SSSR count). The predicted molar refractivity (Wildman–Crippen MR) is 337 cm³/mol. The van der Waals surface area contributed by atoms with Crippen LogP contribution in [0.3, 0.4) is 0 Å². The number of benzene rings is 15. The first kappa shape index (κ1) is 44.9. The zero-order valence-corrected chi connectivity index (χ0v) is 44.6. The van der Waals surface area contributed by atoms with E-state index < -0.39 is 8.07 Å². The minimum Gasteiger partial charge on any atom is -0.0623 e. The van der Waals surface area contributed by atoms with Crippen LogP contribution in [0, 0.1) is 0 Å². The van der Waals surface area contributed by atoms with Crippen LogP contribution in [0.4, 0.5) is 0 Å². The van der Waals surface area contributed by atoms with Gasteiger partial charge in [-0.25, -0.2) is 0 Å². The van der Waals surface area contributed by atoms with Crippen LogP contribution >= 0.6 is 0 Å². The topological polar surface area (TPSA) is 0 Å². The van der Waals surface area contributed by atoms with Gasteiger partial charge < -0.3 is 0 Å². The molecule has 0 aromatic heterocycles. The van der Waals surface area contributed by atoms with Crippen molar-refractivity contribution in [2.24, 2.45) is 0 Å². The fourth-order valence-corrected chi connectivity index (χ4v) is 18.9. The van der Waals surface area contributed by atoms with Crippen molar-refractivity contribution in [1.29, 1.82) is 0 Å². The fraction of sp³-hybridized carbons (Fsp3) is 0.0390. The lowest BCUT2D eigenvalue weighted by atomic mass is 9.80. The van der Waals surface area contributed by atoms with Gasteiger partial charge in [0.15, 0.2) is 8.07 Å². The van der Waals surface area contributed by atoms with Gasteiger partial charge in [-0.2, -0.15) is 0 Å². The highest BCUT2D eigenvalue weighted by Crippen LogP contribution is 2.52. The minimum atomic E-state index is -2.74. The maximum absolute atomic E-state index is 2.74. The molecular formula is C77H52Si. The molecule has 0 radical (unpaired) electrons. The van der Waals surface area contributed by atoms with Gasteiger partial charge >= 0.3 is 0 Å². The van der Waals surface area contributed by atoms with Gasteiger partial charge in [0, 0.05) is 5.41 Å². The molecule has 0 bridgehead atoms. The normalized spacial score (nSPS) is 13.1. The van der Waals surface area contributed by atoms with Crippen molar-refractivity contribution in [3.05, 3.63) is 290 Å². The Labute approximate surface area is 455 Å². The summed E-state index contributed by atoms with van der Waals surface area (Å²) in [6.07, 6.45) is 0. The largest absolute Gasteiger partial charge is 0.179 e. The SMILES string of the molecule is CC1(C)c2cc(-c3ccc(-c4ccc5ccc6cccc7ccc4c5c67)c(-c4ccc([Si](c5ccccc5)(c5ccccc5)c5ccccc5)cc4)c3)ccc2-c2ccc(-c3ccc4ccc5cccc6ccc3c4c56)cc21. The van der Waals surface area contributed by atoms with Crippen LogP contribution < -0.4 is 20.7 Å². The van der Waals surface area contributed by atoms with E-state index in [1.165, 1.54) is 152 Å². The summed E-state index contributed by atoms with van der Waals surface area (Å²) in [7, 11) is -2.74. The van der Waals surface area contributed by atoms with Crippen LogP contribution in [-0.2, 0) is 5.41 Å². The second-order valence-electron chi connectivity index (χ2n) is 22.3. The van der Waals surface area contributed by atoms with E-state index >= 15 is 0 Å². The number of hydrogen-bond donors (Lipinski definition) is 0. The van der Waals surface area contributed by atoms with E-state index in [-0.39, 0.29) is 5.41 Å². The van der Waals surface area contributed by atoms with Crippen molar-refractivity contribution in [3.63, 3.8) is 0 Å². The van der Waals surface area contributed by atoms with Crippen LogP contribution in [0.15, 0.2) is 279 Å². The van der Waals surface area contributed by atoms with Crippen LogP contribution in [-0.4, -0.2) is 8.07 Å². The molecule has 1 aliphatic rings. The Kier molecular flexibility index (Phi) is 9.81. The zero-order valence-electron chi connectivity index (χ0n) is 43.6. The molecule has 15 aromatic carbocycles. The van der Waals surface area contributed by atoms with Gasteiger partial charge in [-0.3, -0.25) is 0 Å². The minimum absolute atomic E-state index is 0.215. The van der Waals surface area contributed by atoms with Crippen molar-refractivity contribution in [2.75, 3.05) is 0 Å². The van der Waals surface area contributed by atoms with E-state index in [1.54, 1.807) is 0 Å². The average Bonchev–Trinajstić information content (AvgIpc) is 3.75. The Hall–Kier alpha value is -9.40. The molecule has 0 saturated heterocycles. The Morgan fingerprint density at radius 2 is 0.590 bits per heavy atom. The van der Waals surface area contributed by atoms with Gasteiger partial charge in [-0.15, -0.1) is 0 Å². The van der Waals surface area contributed by atoms with Gasteiger partial charge in [0.25, 0.3) is 0 Å². The molecule has 0 spiro atoms. The fourth-order valence-electron chi connectivity index (χ4n) is 14.2. The molecule has 0 amide bonds. The van der Waals surface area contributed by atoms with Crippen molar-refractivity contribution >= 4 is 93.5 Å². The summed E-state index contributed by atoms with van der Waals surface area (Å²) in [6.45, 7) is 4.84. The highest BCUT2D eigenvalue weighted by molar-refractivity contribution is 7.19. The lowest BCUT2D eigenvalue weighted by molar-refractivity contribution is 0.661. The third-order valence-electron chi connectivity index (χ3n) is 17.9. The smallest absolute Gasteiger partial charge is 0.0623 e. The Morgan fingerprint density at radius 1 is 0.231 bits per heavy atom. The van der Waals surface area contributed by atoms with Gasteiger partial charge in [0.05, 0.1) is 0 Å². The van der Waals surface area contributed by atoms with Crippen LogP contribution in [0.1, 0.15) is 25.0 Å². The molecule has 0 atom stereocenters. The van der Waals surface area contributed by atoms with E-state index in [2.05, 4.69) is 293 Å². The molecule has 0 aliphatic heterocycles. The van der Waals surface area contributed by atoms with E-state index in [4.69, 9.17) is 0 Å². The molecule has 364 valence electrons. The first-order valence-electron chi connectivity index (χ1n) is 27.5. The molecule has 1 heteroatoms. The standard InChI is InChI=1S/C77H52Si/c1-77(2)71-47-57(35-42-66(71)67-43-36-58(48-72(67)77)63-39-30-54-26-24-50-14-12-16-52-32-44-68(63)75(54)73(50)52)56-34-41-65(64-40-31-55-27-25-51-15-13-17-53-33-45-69(64)76(55)74(51)53)70(46-56)49-28-37-62(38-29-49)78(59-18-6-3-7-19-59,60-20-8-4-9-21-60)61-22-10-5-11-23-61/h3-48H,1-2H3. The molecule has 0 nitrogen and oxygen atoms in total. The van der Waals surface area contributed by atoms with Gasteiger partial charge in [0.1, 0.15) is 0 Å². The average molecular weight is 1010 g/mol. The highest BCUT2D eigenvalue weighted by atomic mass is 28.3. The molecule has 1 aliphatic carbocycles. The molecule has 0 heterocycles. The lowest BCUT2D eigenvalue weighted by Gasteiger charge is -2.34. The molecule has 0 unspecified atom stereocenters. The summed E-state index contributed by atoms with van der Waals surface area (Å²) in [5.41, 5.74) is 15.1. The predicted octanol–water partition coefficient (Wildman–Crippen LogP) is 17.8. The number of hydrogen-bond acceptors (Lipinski definition) is 0. The van der Waals surface area contributed by atoms with Crippen molar-refractivity contribution in [3.8, 4) is 55.6 Å². The Balaban J connectivity index is 0.850. The molecule has 15 aromatic rings. The monoisotopic (exact) mass is 1000 g/mol. The van der Waals surface area contributed by atoms with Gasteiger partial charge in [0.2, 0.25) is 0 Å².